The Morgan fingerprint density at radius 2 is 1.75 bits per heavy atom. The van der Waals surface area contributed by atoms with E-state index in [0.29, 0.717) is 49.4 Å². The number of unbranched alkanes of at least 4 members (excludes halogenated alkanes) is 1. The molecule has 0 saturated carbocycles. The summed E-state index contributed by atoms with van der Waals surface area (Å²) in [4.78, 5) is 31.9. The number of carbonyl (C=O) groups is 1. The highest BCUT2D eigenvalue weighted by Gasteiger charge is 2.13. The molecule has 0 amide bonds. The second-order valence-corrected chi connectivity index (χ2v) is 7.60. The molecular formula is C26H26N2O4. The third kappa shape index (κ3) is 4.97. The first kappa shape index (κ1) is 21.6. The molecule has 1 aromatic heterocycles. The number of nitrogens with zero attached hydrogens (tertiary/aromatic N) is 1. The van der Waals surface area contributed by atoms with Crippen molar-refractivity contribution >= 4 is 27.8 Å². The number of rotatable bonds is 9. The minimum absolute atomic E-state index is 0.182. The lowest BCUT2D eigenvalue weighted by Crippen LogP contribution is -2.16. The predicted octanol–water partition coefficient (Wildman–Crippen LogP) is 4.78. The third-order valence-corrected chi connectivity index (χ3v) is 5.29. The number of aromatic nitrogens is 2. The van der Waals surface area contributed by atoms with Gasteiger partial charge in [-0.05, 0) is 25.3 Å². The molecule has 0 aliphatic rings. The average molecular weight is 431 g/mol. The summed E-state index contributed by atoms with van der Waals surface area (Å²) in [5.41, 5.74) is 2.73. The van der Waals surface area contributed by atoms with E-state index in [4.69, 9.17) is 14.5 Å². The molecule has 6 heteroatoms. The molecule has 0 bridgehead atoms. The molecule has 0 spiro atoms. The Bertz CT molecular complexity index is 1280. The molecule has 0 fully saturated rings. The second-order valence-electron chi connectivity index (χ2n) is 7.60. The zero-order valence-corrected chi connectivity index (χ0v) is 18.1. The van der Waals surface area contributed by atoms with Crippen molar-refractivity contribution in [1.29, 1.82) is 0 Å². The molecule has 0 aliphatic heterocycles. The van der Waals surface area contributed by atoms with Gasteiger partial charge in [-0.25, -0.2) is 4.98 Å². The lowest BCUT2D eigenvalue weighted by molar-refractivity contribution is -0.143. The van der Waals surface area contributed by atoms with Crippen LogP contribution in [0.4, 0.5) is 0 Å². The van der Waals surface area contributed by atoms with Crippen molar-refractivity contribution in [2.75, 3.05) is 13.2 Å². The second kappa shape index (κ2) is 10.1. The van der Waals surface area contributed by atoms with Crippen LogP contribution >= 0.6 is 0 Å². The summed E-state index contributed by atoms with van der Waals surface area (Å²) >= 11 is 0. The molecule has 0 saturated heterocycles. The maximum absolute atomic E-state index is 12.7. The highest BCUT2D eigenvalue weighted by Crippen LogP contribution is 2.31. The molecule has 0 atom stereocenters. The van der Waals surface area contributed by atoms with Crippen LogP contribution < -0.4 is 10.3 Å². The van der Waals surface area contributed by atoms with Gasteiger partial charge in [-0.2, -0.15) is 0 Å². The molecule has 6 nitrogen and oxygen atoms in total. The summed E-state index contributed by atoms with van der Waals surface area (Å²) in [5, 5.41) is 1.87. The van der Waals surface area contributed by atoms with Crippen LogP contribution in [0, 0.1) is 0 Å². The molecule has 1 heterocycles. The van der Waals surface area contributed by atoms with Gasteiger partial charge < -0.3 is 14.5 Å². The fourth-order valence-electron chi connectivity index (χ4n) is 3.74. The fraction of sp³-hybridized carbons (Fsp3) is 0.269. The maximum atomic E-state index is 12.7. The molecule has 0 radical (unpaired) electrons. The van der Waals surface area contributed by atoms with Crippen molar-refractivity contribution in [3.05, 3.63) is 82.3 Å². The van der Waals surface area contributed by atoms with Crippen LogP contribution in [-0.4, -0.2) is 29.2 Å². The Labute approximate surface area is 186 Å². The number of carbonyl (C=O) groups excluding carboxylic acids is 1. The minimum Gasteiger partial charge on any atom is -0.493 e. The summed E-state index contributed by atoms with van der Waals surface area (Å²) in [7, 11) is 0. The average Bonchev–Trinajstić information content (AvgIpc) is 2.80. The molecule has 164 valence electrons. The van der Waals surface area contributed by atoms with Crippen molar-refractivity contribution in [2.45, 2.75) is 32.6 Å². The van der Waals surface area contributed by atoms with E-state index in [1.54, 1.807) is 6.92 Å². The number of aromatic amines is 1. The number of ether oxygens (including phenoxy) is 2. The zero-order chi connectivity index (χ0) is 22.3. The van der Waals surface area contributed by atoms with Crippen LogP contribution in [0.15, 0.2) is 65.5 Å². The van der Waals surface area contributed by atoms with Crippen LogP contribution in [0.1, 0.15) is 37.4 Å². The van der Waals surface area contributed by atoms with Crippen molar-refractivity contribution < 1.29 is 14.3 Å². The first-order valence-electron chi connectivity index (χ1n) is 10.9. The highest BCUT2D eigenvalue weighted by molar-refractivity contribution is 6.07. The molecule has 0 unspecified atom stereocenters. The van der Waals surface area contributed by atoms with Crippen LogP contribution in [-0.2, 0) is 16.0 Å². The summed E-state index contributed by atoms with van der Waals surface area (Å²) in [6, 6.07) is 19.6. The van der Waals surface area contributed by atoms with Crippen molar-refractivity contribution in [1.82, 2.24) is 9.97 Å². The fourth-order valence-corrected chi connectivity index (χ4v) is 3.74. The van der Waals surface area contributed by atoms with E-state index in [2.05, 4.69) is 4.98 Å². The van der Waals surface area contributed by atoms with E-state index >= 15 is 0 Å². The van der Waals surface area contributed by atoms with Gasteiger partial charge in [-0.1, -0.05) is 54.6 Å². The van der Waals surface area contributed by atoms with Gasteiger partial charge in [-0.3, -0.25) is 9.59 Å². The Balaban J connectivity index is 1.59. The smallest absolute Gasteiger partial charge is 0.305 e. The Morgan fingerprint density at radius 1 is 1.00 bits per heavy atom. The number of hydrogen-bond acceptors (Lipinski definition) is 5. The van der Waals surface area contributed by atoms with E-state index in [1.807, 2.05) is 60.7 Å². The molecule has 32 heavy (non-hydrogen) atoms. The van der Waals surface area contributed by atoms with Gasteiger partial charge in [0.1, 0.15) is 11.4 Å². The van der Waals surface area contributed by atoms with Crippen molar-refractivity contribution in [2.24, 2.45) is 0 Å². The van der Waals surface area contributed by atoms with E-state index < -0.39 is 0 Å². The minimum atomic E-state index is -0.197. The SMILES string of the molecule is CCOC(=O)CCCCOc1cc2[nH]c(=O)c(Cc3ccccc3)nc2c2ccccc12. The topological polar surface area (TPSA) is 81.3 Å². The number of fused-ring (bicyclic) bond motifs is 3. The lowest BCUT2D eigenvalue weighted by Gasteiger charge is -2.12. The predicted molar refractivity (Wildman–Crippen MR) is 125 cm³/mol. The summed E-state index contributed by atoms with van der Waals surface area (Å²) < 4.78 is 11.0. The van der Waals surface area contributed by atoms with Crippen LogP contribution in [0.2, 0.25) is 0 Å². The van der Waals surface area contributed by atoms with Gasteiger partial charge in [0, 0.05) is 29.7 Å². The van der Waals surface area contributed by atoms with Crippen LogP contribution in [0.3, 0.4) is 0 Å². The van der Waals surface area contributed by atoms with Gasteiger partial charge in [0.2, 0.25) is 0 Å². The summed E-state index contributed by atoms with van der Waals surface area (Å²) in [6.07, 6.45) is 2.29. The molecule has 0 aliphatic carbocycles. The van der Waals surface area contributed by atoms with E-state index in [9.17, 15) is 9.59 Å². The first-order chi connectivity index (χ1) is 15.7. The normalized spacial score (nSPS) is 11.0. The van der Waals surface area contributed by atoms with Gasteiger partial charge in [0.25, 0.3) is 5.56 Å². The van der Waals surface area contributed by atoms with E-state index in [1.165, 1.54) is 0 Å². The molecule has 4 rings (SSSR count). The monoisotopic (exact) mass is 430 g/mol. The molecule has 3 aromatic carbocycles. The number of esters is 1. The van der Waals surface area contributed by atoms with Gasteiger partial charge in [0.05, 0.1) is 24.2 Å². The summed E-state index contributed by atoms with van der Waals surface area (Å²) in [6.45, 7) is 2.67. The highest BCUT2D eigenvalue weighted by atomic mass is 16.5. The largest absolute Gasteiger partial charge is 0.493 e. The lowest BCUT2D eigenvalue weighted by atomic mass is 10.1. The maximum Gasteiger partial charge on any atom is 0.305 e. The molecule has 1 N–H and O–H groups in total. The zero-order valence-electron chi connectivity index (χ0n) is 18.1. The quantitative estimate of drug-likeness (QED) is 0.235. The number of nitrogens with one attached hydrogen (secondary N) is 1. The Morgan fingerprint density at radius 3 is 2.53 bits per heavy atom. The van der Waals surface area contributed by atoms with Gasteiger partial charge in [-0.15, -0.1) is 0 Å². The van der Waals surface area contributed by atoms with Crippen LogP contribution in [0.25, 0.3) is 21.8 Å². The van der Waals surface area contributed by atoms with Crippen LogP contribution in [0.5, 0.6) is 5.75 Å². The third-order valence-electron chi connectivity index (χ3n) is 5.29. The Kier molecular flexibility index (Phi) is 6.80. The summed E-state index contributed by atoms with van der Waals surface area (Å²) in [5.74, 6) is 0.510. The van der Waals surface area contributed by atoms with E-state index in [0.717, 1.165) is 28.3 Å². The van der Waals surface area contributed by atoms with Crippen molar-refractivity contribution in [3.8, 4) is 5.75 Å². The molecular weight excluding hydrogens is 404 g/mol. The standard InChI is InChI=1S/C26H26N2O4/c1-2-31-24(29)14-8-9-15-32-23-17-21-25(20-13-7-6-12-19(20)23)27-22(26(30)28-21)16-18-10-4-3-5-11-18/h3-7,10-13,17H,2,8-9,14-16H2,1H3,(H,28,30). The first-order valence-corrected chi connectivity index (χ1v) is 10.9. The number of hydrogen-bond donors (Lipinski definition) is 1. The van der Waals surface area contributed by atoms with Gasteiger partial charge >= 0.3 is 5.97 Å². The van der Waals surface area contributed by atoms with Crippen molar-refractivity contribution in [3.63, 3.8) is 0 Å². The number of benzene rings is 3. The van der Waals surface area contributed by atoms with Gasteiger partial charge in [0.15, 0.2) is 0 Å². The number of H-pyrrole nitrogens is 1. The Hall–Kier alpha value is -3.67. The van der Waals surface area contributed by atoms with E-state index in [-0.39, 0.29) is 11.5 Å². The molecule has 4 aromatic rings.